The van der Waals surface area contributed by atoms with Crippen molar-refractivity contribution < 1.29 is 4.79 Å². The van der Waals surface area contributed by atoms with Gasteiger partial charge in [-0.3, -0.25) is 9.48 Å². The highest BCUT2D eigenvalue weighted by atomic mass is 79.9. The second-order valence-electron chi connectivity index (χ2n) is 3.31. The summed E-state index contributed by atoms with van der Waals surface area (Å²) in [5.74, 6) is 0. The Hall–Kier alpha value is -1.13. The molecule has 2 rings (SSSR count). The van der Waals surface area contributed by atoms with Crippen LogP contribution in [-0.2, 0) is 6.54 Å². The Balaban J connectivity index is 2.23. The lowest BCUT2D eigenvalue weighted by molar-refractivity contribution is 0.111. The average Bonchev–Trinajstić information content (AvgIpc) is 2.58. The van der Waals surface area contributed by atoms with Crippen molar-refractivity contribution >= 4 is 33.8 Å². The van der Waals surface area contributed by atoms with Gasteiger partial charge < -0.3 is 0 Å². The van der Waals surface area contributed by atoms with Gasteiger partial charge in [0.2, 0.25) is 0 Å². The van der Waals surface area contributed by atoms with E-state index in [4.69, 9.17) is 11.6 Å². The van der Waals surface area contributed by atoms with Gasteiger partial charge in [-0.1, -0.05) is 39.7 Å². The molecule has 0 amide bonds. The van der Waals surface area contributed by atoms with Crippen molar-refractivity contribution in [2.75, 3.05) is 0 Å². The Bertz CT molecular complexity index is 524. The molecular formula is C11H8BrClN2O. The van der Waals surface area contributed by atoms with Gasteiger partial charge >= 0.3 is 0 Å². The van der Waals surface area contributed by atoms with Gasteiger partial charge in [-0.2, -0.15) is 5.10 Å². The first-order valence-electron chi connectivity index (χ1n) is 4.61. The van der Waals surface area contributed by atoms with Gasteiger partial charge in [-0.15, -0.1) is 0 Å². The van der Waals surface area contributed by atoms with E-state index in [1.807, 2.05) is 24.3 Å². The zero-order valence-electron chi connectivity index (χ0n) is 8.23. The van der Waals surface area contributed by atoms with Gasteiger partial charge in [-0.05, 0) is 17.7 Å². The summed E-state index contributed by atoms with van der Waals surface area (Å²) < 4.78 is 2.66. The molecule has 16 heavy (non-hydrogen) atoms. The fourth-order valence-corrected chi connectivity index (χ4v) is 2.04. The van der Waals surface area contributed by atoms with Crippen LogP contribution in [0.5, 0.6) is 0 Å². The molecule has 0 bridgehead atoms. The van der Waals surface area contributed by atoms with E-state index in [9.17, 15) is 4.79 Å². The number of nitrogens with zero attached hydrogens (tertiary/aromatic N) is 2. The first-order valence-corrected chi connectivity index (χ1v) is 5.78. The van der Waals surface area contributed by atoms with Gasteiger partial charge in [0.25, 0.3) is 0 Å². The van der Waals surface area contributed by atoms with Crippen molar-refractivity contribution in [1.29, 1.82) is 0 Å². The molecule has 1 aromatic carbocycles. The predicted octanol–water partition coefficient (Wildman–Crippen LogP) is 3.16. The monoisotopic (exact) mass is 298 g/mol. The zero-order chi connectivity index (χ0) is 11.5. The minimum absolute atomic E-state index is 0.275. The molecule has 0 N–H and O–H groups in total. The van der Waals surface area contributed by atoms with Crippen LogP contribution in [0.15, 0.2) is 34.9 Å². The number of aldehydes is 1. The first kappa shape index (κ1) is 11.4. The van der Waals surface area contributed by atoms with E-state index < -0.39 is 0 Å². The maximum Gasteiger partial charge on any atom is 0.171 e. The Morgan fingerprint density at radius 1 is 1.50 bits per heavy atom. The van der Waals surface area contributed by atoms with Gasteiger partial charge in [0.05, 0.1) is 11.6 Å². The van der Waals surface area contributed by atoms with Gasteiger partial charge in [0.15, 0.2) is 6.29 Å². The Morgan fingerprint density at radius 2 is 2.31 bits per heavy atom. The maximum atomic E-state index is 10.6. The molecule has 0 unspecified atom stereocenters. The third kappa shape index (κ3) is 2.51. The van der Waals surface area contributed by atoms with Crippen LogP contribution in [0.3, 0.4) is 0 Å². The number of aromatic nitrogens is 2. The van der Waals surface area contributed by atoms with Gasteiger partial charge in [0.1, 0.15) is 5.69 Å². The lowest BCUT2D eigenvalue weighted by Gasteiger charge is -2.01. The molecule has 0 aliphatic heterocycles. The summed E-state index contributed by atoms with van der Waals surface area (Å²) in [6, 6.07) is 7.89. The summed E-state index contributed by atoms with van der Waals surface area (Å²) in [5, 5.41) is 4.43. The summed E-state index contributed by atoms with van der Waals surface area (Å²) in [4.78, 5) is 10.6. The number of halogens is 2. The smallest absolute Gasteiger partial charge is 0.171 e. The quantitative estimate of drug-likeness (QED) is 0.816. The number of carbonyl (C=O) groups is 1. The van der Waals surface area contributed by atoms with Crippen LogP contribution in [-0.4, -0.2) is 16.1 Å². The molecule has 0 spiro atoms. The van der Waals surface area contributed by atoms with Crippen LogP contribution in [0.2, 0.25) is 5.02 Å². The van der Waals surface area contributed by atoms with Crippen molar-refractivity contribution in [3.63, 3.8) is 0 Å². The number of benzene rings is 1. The van der Waals surface area contributed by atoms with E-state index in [0.717, 1.165) is 10.0 Å². The molecule has 0 fully saturated rings. The third-order valence-corrected chi connectivity index (χ3v) is 2.87. The van der Waals surface area contributed by atoms with Crippen LogP contribution in [0.25, 0.3) is 0 Å². The van der Waals surface area contributed by atoms with E-state index in [1.54, 1.807) is 10.9 Å². The highest BCUT2D eigenvalue weighted by Crippen LogP contribution is 2.15. The Kier molecular flexibility index (Phi) is 3.41. The Morgan fingerprint density at radius 3 is 2.94 bits per heavy atom. The zero-order valence-corrected chi connectivity index (χ0v) is 10.6. The fraction of sp³-hybridized carbons (Fsp3) is 0.0909. The molecular weight excluding hydrogens is 291 g/mol. The summed E-state index contributed by atoms with van der Waals surface area (Å²) >= 11 is 9.22. The summed E-state index contributed by atoms with van der Waals surface area (Å²) in [7, 11) is 0. The number of rotatable bonds is 3. The molecule has 2 aromatic rings. The van der Waals surface area contributed by atoms with Crippen LogP contribution >= 0.6 is 27.5 Å². The molecule has 5 heteroatoms. The summed E-state index contributed by atoms with van der Waals surface area (Å²) in [5.41, 5.74) is 1.36. The lowest BCUT2D eigenvalue weighted by atomic mass is 10.2. The molecule has 0 atom stereocenters. The van der Waals surface area contributed by atoms with Gasteiger partial charge in [-0.25, -0.2) is 0 Å². The lowest BCUT2D eigenvalue weighted by Crippen LogP contribution is -2.00. The molecule has 3 nitrogen and oxygen atoms in total. The van der Waals surface area contributed by atoms with E-state index in [-0.39, 0.29) is 5.69 Å². The maximum absolute atomic E-state index is 10.6. The first-order chi connectivity index (χ1) is 7.69. The van der Waals surface area contributed by atoms with Crippen molar-refractivity contribution in [2.24, 2.45) is 0 Å². The van der Waals surface area contributed by atoms with E-state index in [2.05, 4.69) is 21.0 Å². The molecule has 1 heterocycles. The highest BCUT2D eigenvalue weighted by molar-refractivity contribution is 9.10. The van der Waals surface area contributed by atoms with E-state index in [0.29, 0.717) is 17.9 Å². The molecule has 0 radical (unpaired) electrons. The second-order valence-corrected chi connectivity index (χ2v) is 4.63. The van der Waals surface area contributed by atoms with Crippen LogP contribution in [0, 0.1) is 0 Å². The summed E-state index contributed by atoms with van der Waals surface area (Å²) in [6.45, 7) is 0.590. The fourth-order valence-electron chi connectivity index (χ4n) is 1.40. The standard InChI is InChI=1S/C11H8BrClN2O/c12-9-3-1-2-8(4-9)5-15-6-10(13)11(7-16)14-15/h1-4,6-7H,5H2. The van der Waals surface area contributed by atoms with Crippen LogP contribution < -0.4 is 0 Å². The molecule has 1 aromatic heterocycles. The topological polar surface area (TPSA) is 34.9 Å². The van der Waals surface area contributed by atoms with Crippen molar-refractivity contribution in [2.45, 2.75) is 6.54 Å². The SMILES string of the molecule is O=Cc1nn(Cc2cccc(Br)c2)cc1Cl. The van der Waals surface area contributed by atoms with E-state index in [1.165, 1.54) is 0 Å². The third-order valence-electron chi connectivity index (χ3n) is 2.09. The van der Waals surface area contributed by atoms with Crippen LogP contribution in [0.4, 0.5) is 0 Å². The average molecular weight is 300 g/mol. The second kappa shape index (κ2) is 4.80. The molecule has 0 aliphatic carbocycles. The van der Waals surface area contributed by atoms with Crippen LogP contribution in [0.1, 0.15) is 16.1 Å². The van der Waals surface area contributed by atoms with E-state index >= 15 is 0 Å². The van der Waals surface area contributed by atoms with Gasteiger partial charge in [0, 0.05) is 10.7 Å². The van der Waals surface area contributed by atoms with Crippen molar-refractivity contribution in [1.82, 2.24) is 9.78 Å². The number of hydrogen-bond donors (Lipinski definition) is 0. The number of hydrogen-bond acceptors (Lipinski definition) is 2. The molecule has 0 saturated heterocycles. The minimum atomic E-state index is 0.275. The number of carbonyl (C=O) groups excluding carboxylic acids is 1. The molecule has 0 saturated carbocycles. The van der Waals surface area contributed by atoms with Crippen molar-refractivity contribution in [3.05, 3.63) is 51.2 Å². The molecule has 0 aliphatic rings. The predicted molar refractivity (Wildman–Crippen MR) is 65.9 cm³/mol. The highest BCUT2D eigenvalue weighted by Gasteiger charge is 2.05. The molecule has 82 valence electrons. The van der Waals surface area contributed by atoms with Crippen molar-refractivity contribution in [3.8, 4) is 0 Å². The summed E-state index contributed by atoms with van der Waals surface area (Å²) in [6.07, 6.45) is 2.30. The minimum Gasteiger partial charge on any atom is -0.296 e. The largest absolute Gasteiger partial charge is 0.296 e. The normalized spacial score (nSPS) is 10.4. The Labute approximate surface area is 106 Å².